The summed E-state index contributed by atoms with van der Waals surface area (Å²) >= 11 is 0. The van der Waals surface area contributed by atoms with Crippen LogP contribution in [0.1, 0.15) is 45.3 Å². The van der Waals surface area contributed by atoms with Crippen molar-refractivity contribution in [1.82, 2.24) is 25.3 Å². The van der Waals surface area contributed by atoms with Crippen LogP contribution in [0.4, 0.5) is 4.79 Å². The van der Waals surface area contributed by atoms with Crippen molar-refractivity contribution >= 4 is 6.03 Å². The van der Waals surface area contributed by atoms with Gasteiger partial charge >= 0.3 is 6.03 Å². The number of piperidine rings is 1. The van der Waals surface area contributed by atoms with Crippen LogP contribution in [0.3, 0.4) is 0 Å². The molecule has 0 saturated carbocycles. The molecule has 7 nitrogen and oxygen atoms in total. The van der Waals surface area contributed by atoms with Crippen LogP contribution in [0.2, 0.25) is 0 Å². The van der Waals surface area contributed by atoms with E-state index in [1.54, 1.807) is 24.3 Å². The molecule has 0 aromatic carbocycles. The van der Waals surface area contributed by atoms with Gasteiger partial charge in [-0.25, -0.2) is 4.79 Å². The zero-order valence-corrected chi connectivity index (χ0v) is 17.1. The molecule has 7 heteroatoms. The SMILES string of the molecule is CC(C)N1CCCC[C@@H]1CCNC(=O)N(C)Cc1cc(-c2cccnc2)no1. The summed E-state index contributed by atoms with van der Waals surface area (Å²) in [6.45, 7) is 6.74. The highest BCUT2D eigenvalue weighted by molar-refractivity contribution is 5.73. The van der Waals surface area contributed by atoms with E-state index in [2.05, 4.69) is 34.2 Å². The topological polar surface area (TPSA) is 74.5 Å². The molecular formula is C21H31N5O2. The molecule has 2 amide bonds. The Labute approximate surface area is 167 Å². The Hall–Kier alpha value is -2.41. The highest BCUT2D eigenvalue weighted by Crippen LogP contribution is 2.22. The first-order valence-corrected chi connectivity index (χ1v) is 10.2. The third-order valence-electron chi connectivity index (χ3n) is 5.35. The van der Waals surface area contributed by atoms with Gasteiger partial charge in [0.25, 0.3) is 0 Å². The molecule has 2 aromatic heterocycles. The summed E-state index contributed by atoms with van der Waals surface area (Å²) in [7, 11) is 1.77. The summed E-state index contributed by atoms with van der Waals surface area (Å²) in [6.07, 6.45) is 8.23. The number of likely N-dealkylation sites (tertiary alicyclic amines) is 1. The molecule has 1 N–H and O–H groups in total. The van der Waals surface area contributed by atoms with Crippen molar-refractivity contribution in [2.24, 2.45) is 0 Å². The molecule has 0 spiro atoms. The monoisotopic (exact) mass is 385 g/mol. The van der Waals surface area contributed by atoms with Crippen LogP contribution in [-0.2, 0) is 6.54 Å². The quantitative estimate of drug-likeness (QED) is 0.789. The van der Waals surface area contributed by atoms with Crippen molar-refractivity contribution in [2.45, 2.75) is 58.2 Å². The van der Waals surface area contributed by atoms with Crippen LogP contribution in [-0.4, -0.2) is 58.2 Å². The fraction of sp³-hybridized carbons (Fsp3) is 0.571. The minimum absolute atomic E-state index is 0.0914. The maximum atomic E-state index is 12.4. The Kier molecular flexibility index (Phi) is 7.03. The normalized spacial score (nSPS) is 17.6. The van der Waals surface area contributed by atoms with E-state index in [-0.39, 0.29) is 6.03 Å². The Morgan fingerprint density at radius 3 is 3.04 bits per heavy atom. The lowest BCUT2D eigenvalue weighted by atomic mass is 9.98. The zero-order valence-electron chi connectivity index (χ0n) is 17.1. The Balaban J connectivity index is 1.45. The largest absolute Gasteiger partial charge is 0.359 e. The van der Waals surface area contributed by atoms with Crippen molar-refractivity contribution in [3.05, 3.63) is 36.4 Å². The van der Waals surface area contributed by atoms with Crippen LogP contribution < -0.4 is 5.32 Å². The van der Waals surface area contributed by atoms with Gasteiger partial charge in [0.15, 0.2) is 5.76 Å². The number of carbonyl (C=O) groups is 1. The molecule has 1 aliphatic rings. The van der Waals surface area contributed by atoms with Crippen molar-refractivity contribution in [2.75, 3.05) is 20.1 Å². The second-order valence-electron chi connectivity index (χ2n) is 7.78. The number of nitrogens with one attached hydrogen (secondary N) is 1. The van der Waals surface area contributed by atoms with Crippen molar-refractivity contribution in [3.63, 3.8) is 0 Å². The fourth-order valence-corrected chi connectivity index (χ4v) is 3.84. The average molecular weight is 386 g/mol. The number of amides is 2. The first-order valence-electron chi connectivity index (χ1n) is 10.2. The Morgan fingerprint density at radius 1 is 1.43 bits per heavy atom. The summed E-state index contributed by atoms with van der Waals surface area (Å²) < 4.78 is 5.37. The van der Waals surface area contributed by atoms with Crippen LogP contribution in [0.25, 0.3) is 11.3 Å². The molecule has 1 atom stereocenters. The van der Waals surface area contributed by atoms with Gasteiger partial charge in [0.2, 0.25) is 0 Å². The van der Waals surface area contributed by atoms with E-state index in [0.717, 1.165) is 17.7 Å². The molecule has 28 heavy (non-hydrogen) atoms. The van der Waals surface area contributed by atoms with Gasteiger partial charge in [0.05, 0.1) is 6.54 Å². The molecule has 0 radical (unpaired) electrons. The Morgan fingerprint density at radius 2 is 2.29 bits per heavy atom. The minimum atomic E-state index is -0.0914. The van der Waals surface area contributed by atoms with Gasteiger partial charge in [0.1, 0.15) is 5.69 Å². The molecule has 3 heterocycles. The summed E-state index contributed by atoms with van der Waals surface area (Å²) in [5.74, 6) is 0.648. The molecular weight excluding hydrogens is 354 g/mol. The molecule has 2 aromatic rings. The molecule has 0 unspecified atom stereocenters. The number of hydrogen-bond donors (Lipinski definition) is 1. The lowest BCUT2D eigenvalue weighted by molar-refractivity contribution is 0.105. The molecule has 0 aliphatic carbocycles. The maximum Gasteiger partial charge on any atom is 0.317 e. The number of carbonyl (C=O) groups excluding carboxylic acids is 1. The second kappa shape index (κ2) is 9.68. The third kappa shape index (κ3) is 5.32. The summed E-state index contributed by atoms with van der Waals surface area (Å²) in [5.41, 5.74) is 1.62. The predicted octanol–water partition coefficient (Wildman–Crippen LogP) is 3.53. The fourth-order valence-electron chi connectivity index (χ4n) is 3.84. The van der Waals surface area contributed by atoms with Gasteiger partial charge in [0, 0.05) is 49.7 Å². The van der Waals surface area contributed by atoms with Gasteiger partial charge in [-0.15, -0.1) is 0 Å². The number of urea groups is 1. The lowest BCUT2D eigenvalue weighted by Crippen LogP contribution is -2.46. The highest BCUT2D eigenvalue weighted by atomic mass is 16.5. The number of pyridine rings is 1. The highest BCUT2D eigenvalue weighted by Gasteiger charge is 2.24. The van der Waals surface area contributed by atoms with E-state index in [1.807, 2.05) is 18.2 Å². The second-order valence-corrected chi connectivity index (χ2v) is 7.78. The molecule has 0 bridgehead atoms. The first-order chi connectivity index (χ1) is 13.5. The van der Waals surface area contributed by atoms with E-state index in [0.29, 0.717) is 30.9 Å². The van der Waals surface area contributed by atoms with E-state index in [1.165, 1.54) is 25.8 Å². The van der Waals surface area contributed by atoms with E-state index in [9.17, 15) is 4.79 Å². The lowest BCUT2D eigenvalue weighted by Gasteiger charge is -2.38. The summed E-state index contributed by atoms with van der Waals surface area (Å²) in [6, 6.07) is 6.67. The first kappa shape index (κ1) is 20.3. The van der Waals surface area contributed by atoms with E-state index >= 15 is 0 Å². The van der Waals surface area contributed by atoms with Crippen LogP contribution in [0.5, 0.6) is 0 Å². The predicted molar refractivity (Wildman–Crippen MR) is 109 cm³/mol. The molecule has 152 valence electrons. The van der Waals surface area contributed by atoms with E-state index < -0.39 is 0 Å². The van der Waals surface area contributed by atoms with Gasteiger partial charge in [-0.2, -0.15) is 0 Å². The minimum Gasteiger partial charge on any atom is -0.359 e. The number of aromatic nitrogens is 2. The van der Waals surface area contributed by atoms with Gasteiger partial charge in [-0.3, -0.25) is 9.88 Å². The van der Waals surface area contributed by atoms with Gasteiger partial charge in [-0.1, -0.05) is 11.6 Å². The van der Waals surface area contributed by atoms with Crippen LogP contribution in [0.15, 0.2) is 35.1 Å². The van der Waals surface area contributed by atoms with Crippen LogP contribution >= 0.6 is 0 Å². The number of nitrogens with zero attached hydrogens (tertiary/aromatic N) is 4. The smallest absolute Gasteiger partial charge is 0.317 e. The summed E-state index contributed by atoms with van der Waals surface area (Å²) in [5, 5.41) is 7.10. The van der Waals surface area contributed by atoms with Crippen molar-refractivity contribution in [3.8, 4) is 11.3 Å². The molecule has 3 rings (SSSR count). The zero-order chi connectivity index (χ0) is 19.9. The number of rotatable bonds is 7. The van der Waals surface area contributed by atoms with Gasteiger partial charge in [-0.05, 0) is 51.8 Å². The molecule has 1 fully saturated rings. The molecule has 1 saturated heterocycles. The van der Waals surface area contributed by atoms with Crippen molar-refractivity contribution in [1.29, 1.82) is 0 Å². The van der Waals surface area contributed by atoms with Gasteiger partial charge < -0.3 is 14.7 Å². The number of hydrogen-bond acceptors (Lipinski definition) is 5. The van der Waals surface area contributed by atoms with Crippen molar-refractivity contribution < 1.29 is 9.32 Å². The third-order valence-corrected chi connectivity index (χ3v) is 5.35. The standard InChI is InChI=1S/C21H31N5O2/c1-16(2)26-12-5-4-8-18(26)9-11-23-21(27)25(3)15-19-13-20(24-28-19)17-7-6-10-22-14-17/h6-7,10,13-14,16,18H,4-5,8-9,11-12,15H2,1-3H3,(H,23,27)/t18-/m1/s1. The average Bonchev–Trinajstić information content (AvgIpc) is 3.17. The molecule has 1 aliphatic heterocycles. The maximum absolute atomic E-state index is 12.4. The summed E-state index contributed by atoms with van der Waals surface area (Å²) in [4.78, 5) is 20.7. The van der Waals surface area contributed by atoms with E-state index in [4.69, 9.17) is 4.52 Å². The van der Waals surface area contributed by atoms with Crippen LogP contribution in [0, 0.1) is 0 Å². The Bertz CT molecular complexity index is 746.